The van der Waals surface area contributed by atoms with Crippen LogP contribution in [-0.4, -0.2) is 20.4 Å². The van der Waals surface area contributed by atoms with E-state index >= 15 is 0 Å². The molecule has 1 heterocycles. The van der Waals surface area contributed by atoms with Crippen LogP contribution >= 0.6 is 0 Å². The van der Waals surface area contributed by atoms with Gasteiger partial charge in [-0.25, -0.2) is 0 Å². The minimum Gasteiger partial charge on any atom is -0.541 e. The first kappa shape index (κ1) is 17.6. The molecule has 2 aromatic carbocycles. The van der Waals surface area contributed by atoms with Gasteiger partial charge in [0.25, 0.3) is 8.32 Å². The van der Waals surface area contributed by atoms with Crippen LogP contribution in [0, 0.1) is 0 Å². The molecule has 4 heteroatoms. The van der Waals surface area contributed by atoms with Crippen LogP contribution in [0.1, 0.15) is 20.8 Å². The molecule has 0 saturated heterocycles. The Labute approximate surface area is 151 Å². The lowest BCUT2D eigenvalue weighted by Crippen LogP contribution is -2.44. The Balaban J connectivity index is 2.13. The van der Waals surface area contributed by atoms with Gasteiger partial charge in [-0.05, 0) is 53.3 Å². The summed E-state index contributed by atoms with van der Waals surface area (Å²) in [7, 11) is -0.283. The average molecular weight is 354 g/mol. The average Bonchev–Trinajstić information content (AvgIpc) is 3.01. The molecule has 132 valence electrons. The smallest absolute Gasteiger partial charge is 0.250 e. The van der Waals surface area contributed by atoms with E-state index < -0.39 is 8.32 Å². The monoisotopic (exact) mass is 353 g/mol. The molecule has 0 bridgehead atoms. The van der Waals surface area contributed by atoms with Gasteiger partial charge < -0.3 is 14.1 Å². The fourth-order valence-corrected chi connectivity index (χ4v) is 3.67. The summed E-state index contributed by atoms with van der Waals surface area (Å²) >= 11 is 0. The van der Waals surface area contributed by atoms with E-state index in [0.717, 1.165) is 28.1 Å². The predicted molar refractivity (Wildman–Crippen MR) is 108 cm³/mol. The Morgan fingerprint density at radius 1 is 1.00 bits per heavy atom. The zero-order valence-electron chi connectivity index (χ0n) is 15.9. The largest absolute Gasteiger partial charge is 0.541 e. The van der Waals surface area contributed by atoms with Crippen molar-refractivity contribution in [2.75, 3.05) is 7.11 Å². The first-order valence-corrected chi connectivity index (χ1v) is 11.6. The number of aromatic amines is 1. The standard InChI is InChI=1S/C21H27NO2Si/c1-21(2,3)25(5,6)24-20-17(8-7-9-19(20)23-4)15-10-11-18-16(14-15)12-13-22-18/h7-14,22H,1-6H3. The van der Waals surface area contributed by atoms with Crippen LogP contribution in [-0.2, 0) is 0 Å². The number of hydrogen-bond acceptors (Lipinski definition) is 2. The third-order valence-electron chi connectivity index (χ3n) is 5.23. The lowest BCUT2D eigenvalue weighted by atomic mass is 10.0. The Hall–Kier alpha value is -2.20. The van der Waals surface area contributed by atoms with Crippen molar-refractivity contribution < 1.29 is 9.16 Å². The second-order valence-corrected chi connectivity index (χ2v) is 12.7. The van der Waals surface area contributed by atoms with Gasteiger partial charge in [-0.1, -0.05) is 39.0 Å². The minimum atomic E-state index is -1.98. The lowest BCUT2D eigenvalue weighted by Gasteiger charge is -2.37. The number of benzene rings is 2. The van der Waals surface area contributed by atoms with Gasteiger partial charge in [-0.15, -0.1) is 0 Å². The van der Waals surface area contributed by atoms with Crippen LogP contribution in [0.5, 0.6) is 11.5 Å². The fourth-order valence-electron chi connectivity index (χ4n) is 2.64. The van der Waals surface area contributed by atoms with E-state index in [1.165, 1.54) is 5.39 Å². The van der Waals surface area contributed by atoms with Gasteiger partial charge in [-0.2, -0.15) is 0 Å². The summed E-state index contributed by atoms with van der Waals surface area (Å²) in [4.78, 5) is 3.24. The van der Waals surface area contributed by atoms with Crippen LogP contribution < -0.4 is 9.16 Å². The predicted octanol–water partition coefficient (Wildman–Crippen LogP) is 6.23. The van der Waals surface area contributed by atoms with Crippen molar-refractivity contribution in [3.05, 3.63) is 48.7 Å². The molecular formula is C21H27NO2Si. The molecule has 0 aliphatic heterocycles. The fraction of sp³-hybridized carbons (Fsp3) is 0.333. The van der Waals surface area contributed by atoms with Gasteiger partial charge in [0, 0.05) is 17.3 Å². The van der Waals surface area contributed by atoms with Crippen molar-refractivity contribution in [3.8, 4) is 22.6 Å². The Morgan fingerprint density at radius 2 is 1.76 bits per heavy atom. The van der Waals surface area contributed by atoms with Crippen molar-refractivity contribution in [1.82, 2.24) is 4.98 Å². The highest BCUT2D eigenvalue weighted by Gasteiger charge is 2.40. The van der Waals surface area contributed by atoms with Crippen molar-refractivity contribution in [2.24, 2.45) is 0 Å². The van der Waals surface area contributed by atoms with E-state index in [2.05, 4.69) is 69.2 Å². The molecule has 0 radical (unpaired) electrons. The Kier molecular flexibility index (Phi) is 4.41. The Morgan fingerprint density at radius 3 is 2.44 bits per heavy atom. The molecule has 0 saturated carbocycles. The van der Waals surface area contributed by atoms with Crippen LogP contribution in [0.15, 0.2) is 48.7 Å². The first-order valence-electron chi connectivity index (χ1n) is 8.66. The highest BCUT2D eigenvalue weighted by molar-refractivity contribution is 6.74. The number of rotatable bonds is 4. The topological polar surface area (TPSA) is 34.2 Å². The van der Waals surface area contributed by atoms with E-state index in [0.29, 0.717) is 0 Å². The van der Waals surface area contributed by atoms with Crippen molar-refractivity contribution in [1.29, 1.82) is 0 Å². The second-order valence-electron chi connectivity index (χ2n) is 7.98. The lowest BCUT2D eigenvalue weighted by molar-refractivity contribution is 0.386. The summed E-state index contributed by atoms with van der Waals surface area (Å²) in [6.07, 6.45) is 1.97. The maximum Gasteiger partial charge on any atom is 0.250 e. The molecule has 0 atom stereocenters. The number of nitrogens with one attached hydrogen (secondary N) is 1. The SMILES string of the molecule is COc1cccc(-c2ccc3[nH]ccc3c2)c1O[Si](C)(C)C(C)(C)C. The third kappa shape index (κ3) is 3.31. The first-order chi connectivity index (χ1) is 11.7. The quantitative estimate of drug-likeness (QED) is 0.564. The molecule has 0 spiro atoms. The third-order valence-corrected chi connectivity index (χ3v) is 9.55. The van der Waals surface area contributed by atoms with Gasteiger partial charge in [0.2, 0.25) is 0 Å². The molecule has 25 heavy (non-hydrogen) atoms. The van der Waals surface area contributed by atoms with E-state index in [4.69, 9.17) is 9.16 Å². The molecule has 3 nitrogen and oxygen atoms in total. The molecule has 1 aromatic heterocycles. The van der Waals surface area contributed by atoms with Crippen LogP contribution in [0.2, 0.25) is 18.1 Å². The van der Waals surface area contributed by atoms with Crippen LogP contribution in [0.3, 0.4) is 0 Å². The van der Waals surface area contributed by atoms with Crippen LogP contribution in [0.25, 0.3) is 22.0 Å². The Bertz CT molecular complexity index is 890. The van der Waals surface area contributed by atoms with Crippen molar-refractivity contribution >= 4 is 19.2 Å². The van der Waals surface area contributed by atoms with E-state index in [9.17, 15) is 0 Å². The van der Waals surface area contributed by atoms with Gasteiger partial charge in [-0.3, -0.25) is 0 Å². The van der Waals surface area contributed by atoms with Crippen LogP contribution in [0.4, 0.5) is 0 Å². The van der Waals surface area contributed by atoms with E-state index in [1.807, 2.05) is 18.3 Å². The molecule has 0 fully saturated rings. The second kappa shape index (κ2) is 6.26. The number of H-pyrrole nitrogens is 1. The van der Waals surface area contributed by atoms with Gasteiger partial charge in [0.1, 0.15) is 0 Å². The molecule has 1 N–H and O–H groups in total. The number of ether oxygens (including phenoxy) is 1. The number of hydrogen-bond donors (Lipinski definition) is 1. The normalized spacial score (nSPS) is 12.4. The summed E-state index contributed by atoms with van der Waals surface area (Å²) in [5, 5.41) is 1.31. The van der Waals surface area contributed by atoms with Gasteiger partial charge in [0.15, 0.2) is 11.5 Å². The maximum atomic E-state index is 6.67. The summed E-state index contributed by atoms with van der Waals surface area (Å²) in [5.41, 5.74) is 3.35. The number of para-hydroxylation sites is 1. The molecule has 0 amide bonds. The zero-order chi connectivity index (χ0) is 18.2. The summed E-state index contributed by atoms with van der Waals surface area (Å²) < 4.78 is 12.3. The minimum absolute atomic E-state index is 0.121. The van der Waals surface area contributed by atoms with E-state index in [1.54, 1.807) is 7.11 Å². The number of fused-ring (bicyclic) bond motifs is 1. The summed E-state index contributed by atoms with van der Waals surface area (Å²) in [6, 6.07) is 14.6. The summed E-state index contributed by atoms with van der Waals surface area (Å²) in [6.45, 7) is 11.3. The summed E-state index contributed by atoms with van der Waals surface area (Å²) in [5.74, 6) is 1.64. The molecule has 0 unspecified atom stereocenters. The van der Waals surface area contributed by atoms with Gasteiger partial charge >= 0.3 is 0 Å². The van der Waals surface area contributed by atoms with Crippen molar-refractivity contribution in [2.45, 2.75) is 38.9 Å². The van der Waals surface area contributed by atoms with E-state index in [-0.39, 0.29) is 5.04 Å². The molecule has 0 aliphatic carbocycles. The maximum absolute atomic E-state index is 6.67. The molecular weight excluding hydrogens is 326 g/mol. The number of methoxy groups -OCH3 is 1. The molecule has 0 aliphatic rings. The van der Waals surface area contributed by atoms with Gasteiger partial charge in [0.05, 0.1) is 7.11 Å². The zero-order valence-corrected chi connectivity index (χ0v) is 16.9. The number of aromatic nitrogens is 1. The highest BCUT2D eigenvalue weighted by atomic mass is 28.4. The highest BCUT2D eigenvalue weighted by Crippen LogP contribution is 2.44. The molecule has 3 aromatic rings. The van der Waals surface area contributed by atoms with Crippen molar-refractivity contribution in [3.63, 3.8) is 0 Å². The molecule has 3 rings (SSSR count).